The van der Waals surface area contributed by atoms with Gasteiger partial charge in [0.1, 0.15) is 0 Å². The van der Waals surface area contributed by atoms with Crippen LogP contribution in [0.4, 0.5) is 0 Å². The Bertz CT molecular complexity index is 563. The maximum absolute atomic E-state index is 8.89. The van der Waals surface area contributed by atoms with E-state index in [1.165, 1.54) is 16.3 Å². The van der Waals surface area contributed by atoms with Crippen LogP contribution < -0.4 is 5.32 Å². The Balaban J connectivity index is 1.94. The van der Waals surface area contributed by atoms with Gasteiger partial charge in [-0.3, -0.25) is 0 Å². The average molecular weight is 252 g/mol. The van der Waals surface area contributed by atoms with Crippen molar-refractivity contribution in [2.24, 2.45) is 5.92 Å². The van der Waals surface area contributed by atoms with Crippen molar-refractivity contribution in [3.8, 4) is 6.07 Å². The molecular formula is C17H20N2. The first-order valence-electron chi connectivity index (χ1n) is 6.92. The summed E-state index contributed by atoms with van der Waals surface area (Å²) in [5.41, 5.74) is 1.37. The van der Waals surface area contributed by atoms with Crippen molar-refractivity contribution in [3.05, 3.63) is 48.0 Å². The van der Waals surface area contributed by atoms with Gasteiger partial charge in [0.05, 0.1) is 12.0 Å². The maximum atomic E-state index is 8.89. The molecule has 0 aliphatic rings. The summed E-state index contributed by atoms with van der Waals surface area (Å²) in [6, 6.07) is 17.2. The Morgan fingerprint density at radius 3 is 2.74 bits per heavy atom. The third-order valence-corrected chi connectivity index (χ3v) is 3.52. The molecule has 19 heavy (non-hydrogen) atoms. The lowest BCUT2D eigenvalue weighted by Gasteiger charge is -2.09. The van der Waals surface area contributed by atoms with E-state index in [0.29, 0.717) is 0 Å². The highest BCUT2D eigenvalue weighted by Crippen LogP contribution is 2.18. The molecule has 1 N–H and O–H groups in total. The second-order valence-electron chi connectivity index (χ2n) is 4.83. The van der Waals surface area contributed by atoms with Gasteiger partial charge in [0.2, 0.25) is 0 Å². The van der Waals surface area contributed by atoms with Gasteiger partial charge in [-0.05, 0) is 35.7 Å². The molecule has 0 saturated heterocycles. The van der Waals surface area contributed by atoms with Crippen molar-refractivity contribution in [2.75, 3.05) is 13.1 Å². The first kappa shape index (κ1) is 13.6. The highest BCUT2D eigenvalue weighted by Gasteiger charge is 2.04. The lowest BCUT2D eigenvalue weighted by atomic mass is 10.0. The van der Waals surface area contributed by atoms with Crippen LogP contribution in [0.5, 0.6) is 0 Å². The molecule has 0 aliphatic carbocycles. The number of nitrogens with zero attached hydrogens (tertiary/aromatic N) is 1. The Morgan fingerprint density at radius 2 is 1.95 bits per heavy atom. The van der Waals surface area contributed by atoms with Crippen LogP contribution in [0.2, 0.25) is 0 Å². The zero-order valence-corrected chi connectivity index (χ0v) is 11.4. The molecule has 1 unspecified atom stereocenters. The summed E-state index contributed by atoms with van der Waals surface area (Å²) in [5.74, 6) is 0.132. The summed E-state index contributed by atoms with van der Waals surface area (Å²) < 4.78 is 0. The van der Waals surface area contributed by atoms with Crippen molar-refractivity contribution in [1.29, 1.82) is 5.26 Å². The van der Waals surface area contributed by atoms with Crippen molar-refractivity contribution in [2.45, 2.75) is 19.8 Å². The van der Waals surface area contributed by atoms with Gasteiger partial charge in [-0.25, -0.2) is 0 Å². The fraction of sp³-hybridized carbons (Fsp3) is 0.353. The maximum Gasteiger partial charge on any atom is 0.0669 e. The Hall–Kier alpha value is -1.85. The molecule has 0 fully saturated rings. The van der Waals surface area contributed by atoms with Gasteiger partial charge in [-0.15, -0.1) is 0 Å². The normalized spacial score (nSPS) is 12.2. The molecule has 0 heterocycles. The van der Waals surface area contributed by atoms with Gasteiger partial charge >= 0.3 is 0 Å². The first-order valence-corrected chi connectivity index (χ1v) is 6.92. The van der Waals surface area contributed by atoms with E-state index in [1.807, 2.05) is 0 Å². The number of rotatable bonds is 6. The number of nitriles is 1. The number of fused-ring (bicyclic) bond motifs is 1. The molecule has 2 aromatic carbocycles. The van der Waals surface area contributed by atoms with E-state index in [1.54, 1.807) is 0 Å². The second kappa shape index (κ2) is 6.92. The smallest absolute Gasteiger partial charge is 0.0669 e. The average Bonchev–Trinajstić information content (AvgIpc) is 2.47. The third kappa shape index (κ3) is 3.56. The topological polar surface area (TPSA) is 35.8 Å². The molecule has 0 amide bonds. The van der Waals surface area contributed by atoms with Crippen LogP contribution in [-0.4, -0.2) is 13.1 Å². The zero-order valence-electron chi connectivity index (χ0n) is 11.4. The molecule has 0 spiro atoms. The standard InChI is InChI=1S/C17H20N2/c1-2-14(12-18)13-19-11-10-16-8-5-7-15-6-3-4-9-17(15)16/h3-9,14,19H,2,10-11,13H2,1H3. The van der Waals surface area contributed by atoms with E-state index >= 15 is 0 Å². The molecule has 2 rings (SSSR count). The summed E-state index contributed by atoms with van der Waals surface area (Å²) >= 11 is 0. The largest absolute Gasteiger partial charge is 0.315 e. The highest BCUT2D eigenvalue weighted by molar-refractivity contribution is 5.85. The lowest BCUT2D eigenvalue weighted by molar-refractivity contribution is 0.555. The van der Waals surface area contributed by atoms with Gasteiger partial charge in [0, 0.05) is 6.54 Å². The lowest BCUT2D eigenvalue weighted by Crippen LogP contribution is -2.23. The van der Waals surface area contributed by atoms with Crippen LogP contribution in [0.3, 0.4) is 0 Å². The summed E-state index contributed by atoms with van der Waals surface area (Å²) in [7, 11) is 0. The molecule has 2 nitrogen and oxygen atoms in total. The molecule has 2 heteroatoms. The highest BCUT2D eigenvalue weighted by atomic mass is 14.8. The molecule has 0 bridgehead atoms. The fourth-order valence-corrected chi connectivity index (χ4v) is 2.29. The van der Waals surface area contributed by atoms with E-state index in [0.717, 1.165) is 25.9 Å². The molecule has 0 saturated carbocycles. The number of nitrogens with one attached hydrogen (secondary N) is 1. The van der Waals surface area contributed by atoms with Gasteiger partial charge in [0.25, 0.3) is 0 Å². The zero-order chi connectivity index (χ0) is 13.5. The first-order chi connectivity index (χ1) is 9.35. The monoisotopic (exact) mass is 252 g/mol. The third-order valence-electron chi connectivity index (χ3n) is 3.52. The van der Waals surface area contributed by atoms with E-state index in [4.69, 9.17) is 5.26 Å². The van der Waals surface area contributed by atoms with Gasteiger partial charge in [0.15, 0.2) is 0 Å². The van der Waals surface area contributed by atoms with Crippen molar-refractivity contribution in [1.82, 2.24) is 5.32 Å². The van der Waals surface area contributed by atoms with Gasteiger partial charge < -0.3 is 5.32 Å². The SMILES string of the molecule is CCC(C#N)CNCCc1cccc2ccccc12. The molecule has 0 aromatic heterocycles. The molecule has 2 aromatic rings. The van der Waals surface area contributed by atoms with Crippen LogP contribution >= 0.6 is 0 Å². The molecule has 0 radical (unpaired) electrons. The minimum Gasteiger partial charge on any atom is -0.315 e. The van der Waals surface area contributed by atoms with E-state index < -0.39 is 0 Å². The van der Waals surface area contributed by atoms with Crippen LogP contribution in [0.25, 0.3) is 10.8 Å². The summed E-state index contributed by atoms with van der Waals surface area (Å²) in [6.07, 6.45) is 1.92. The summed E-state index contributed by atoms with van der Waals surface area (Å²) in [6.45, 7) is 3.77. The van der Waals surface area contributed by atoms with Crippen LogP contribution in [-0.2, 0) is 6.42 Å². The van der Waals surface area contributed by atoms with Crippen LogP contribution in [0, 0.1) is 17.2 Å². The molecule has 0 aliphatic heterocycles. The van der Waals surface area contributed by atoms with E-state index in [9.17, 15) is 0 Å². The van der Waals surface area contributed by atoms with E-state index in [2.05, 4.69) is 60.8 Å². The summed E-state index contributed by atoms with van der Waals surface area (Å²) in [4.78, 5) is 0. The van der Waals surface area contributed by atoms with E-state index in [-0.39, 0.29) is 5.92 Å². The van der Waals surface area contributed by atoms with Crippen molar-refractivity contribution < 1.29 is 0 Å². The Kier molecular flexibility index (Phi) is 4.94. The van der Waals surface area contributed by atoms with Crippen molar-refractivity contribution in [3.63, 3.8) is 0 Å². The van der Waals surface area contributed by atoms with Crippen LogP contribution in [0.1, 0.15) is 18.9 Å². The molecule has 98 valence electrons. The Morgan fingerprint density at radius 1 is 1.16 bits per heavy atom. The number of hydrogen-bond acceptors (Lipinski definition) is 2. The molecular weight excluding hydrogens is 232 g/mol. The fourth-order valence-electron chi connectivity index (χ4n) is 2.29. The summed E-state index contributed by atoms with van der Waals surface area (Å²) in [5, 5.41) is 14.9. The Labute approximate surface area is 115 Å². The van der Waals surface area contributed by atoms with Crippen molar-refractivity contribution >= 4 is 10.8 Å². The van der Waals surface area contributed by atoms with Gasteiger partial charge in [-0.2, -0.15) is 5.26 Å². The minimum atomic E-state index is 0.132. The minimum absolute atomic E-state index is 0.132. The van der Waals surface area contributed by atoms with Gasteiger partial charge in [-0.1, -0.05) is 49.4 Å². The predicted molar refractivity (Wildman–Crippen MR) is 79.9 cm³/mol. The van der Waals surface area contributed by atoms with Crippen LogP contribution in [0.15, 0.2) is 42.5 Å². The number of hydrogen-bond donors (Lipinski definition) is 1. The number of benzene rings is 2. The molecule has 1 atom stereocenters. The predicted octanol–water partition coefficient (Wildman–Crippen LogP) is 3.52. The quantitative estimate of drug-likeness (QED) is 0.798. The second-order valence-corrected chi connectivity index (χ2v) is 4.83.